The second-order valence-electron chi connectivity index (χ2n) is 4.86. The van der Waals surface area contributed by atoms with Gasteiger partial charge >= 0.3 is 29.6 Å². The van der Waals surface area contributed by atoms with Crippen LogP contribution < -0.4 is 35.3 Å². The Bertz CT molecular complexity index is 1010. The zero-order chi connectivity index (χ0) is 16.4. The number of azo groups is 1. The van der Waals surface area contributed by atoms with Gasteiger partial charge < -0.3 is 5.73 Å². The molecule has 24 heavy (non-hydrogen) atoms. The first-order valence-electron chi connectivity index (χ1n) is 6.72. The van der Waals surface area contributed by atoms with Crippen molar-refractivity contribution >= 4 is 38.0 Å². The molecule has 116 valence electrons. The van der Waals surface area contributed by atoms with Crippen LogP contribution >= 0.6 is 0 Å². The molecule has 0 saturated carbocycles. The van der Waals surface area contributed by atoms with Crippen molar-refractivity contribution in [2.75, 3.05) is 5.73 Å². The molecule has 0 saturated heterocycles. The molecule has 0 bridgehead atoms. The minimum absolute atomic E-state index is 0. The predicted octanol–water partition coefficient (Wildman–Crippen LogP) is 1.09. The fourth-order valence-corrected chi connectivity index (χ4v) is 2.97. The second kappa shape index (κ2) is 7.42. The fourth-order valence-electron chi connectivity index (χ4n) is 2.25. The van der Waals surface area contributed by atoms with Crippen molar-refractivity contribution in [1.82, 2.24) is 0 Å². The van der Waals surface area contributed by atoms with E-state index in [1.807, 2.05) is 18.2 Å². The van der Waals surface area contributed by atoms with Crippen LogP contribution in [0.2, 0.25) is 0 Å². The third-order valence-electron chi connectivity index (χ3n) is 3.33. The van der Waals surface area contributed by atoms with Crippen LogP contribution in [-0.2, 0) is 10.1 Å². The van der Waals surface area contributed by atoms with E-state index in [-0.39, 0.29) is 40.1 Å². The van der Waals surface area contributed by atoms with Crippen LogP contribution in [0.1, 0.15) is 0 Å². The van der Waals surface area contributed by atoms with E-state index in [0.29, 0.717) is 22.1 Å². The molecule has 0 fully saturated rings. The summed E-state index contributed by atoms with van der Waals surface area (Å²) in [6.45, 7) is 0. The maximum atomic E-state index is 11.6. The first-order chi connectivity index (χ1) is 11.0. The summed E-state index contributed by atoms with van der Waals surface area (Å²) in [5.74, 6) is 0. The molecule has 3 N–H and O–H groups in total. The van der Waals surface area contributed by atoms with Gasteiger partial charge in [0.15, 0.2) is 0 Å². The topological polar surface area (TPSA) is 105 Å². The van der Waals surface area contributed by atoms with E-state index in [9.17, 15) is 13.0 Å². The number of rotatable bonds is 3. The molecule has 3 rings (SSSR count). The van der Waals surface area contributed by atoms with Crippen LogP contribution in [0.4, 0.5) is 17.1 Å². The minimum Gasteiger partial charge on any atom is -0.396 e. The number of benzene rings is 3. The van der Waals surface area contributed by atoms with Gasteiger partial charge in [-0.1, -0.05) is 42.5 Å². The van der Waals surface area contributed by atoms with Gasteiger partial charge in [-0.25, -0.2) is 0 Å². The first-order valence-corrected chi connectivity index (χ1v) is 8.16. The molecule has 0 amide bonds. The van der Waals surface area contributed by atoms with Crippen LogP contribution in [0.5, 0.6) is 0 Å². The molecule has 0 atom stereocenters. The van der Waals surface area contributed by atoms with Gasteiger partial charge in [-0.2, -0.15) is 13.5 Å². The van der Waals surface area contributed by atoms with Crippen molar-refractivity contribution in [2.45, 2.75) is 4.90 Å². The summed E-state index contributed by atoms with van der Waals surface area (Å²) >= 11 is 0. The summed E-state index contributed by atoms with van der Waals surface area (Å²) in [7, 11) is -4.41. The molecule has 0 radical (unpaired) electrons. The van der Waals surface area contributed by atoms with Gasteiger partial charge in [0.05, 0.1) is 11.4 Å². The SMILES string of the molecule is Nc1c(N=Nc2ccccc2)cc(S(=O)(=O)O)c2ccccc12.[Na+]. The van der Waals surface area contributed by atoms with E-state index >= 15 is 0 Å². The summed E-state index contributed by atoms with van der Waals surface area (Å²) < 4.78 is 32.7. The Morgan fingerprint density at radius 1 is 0.875 bits per heavy atom. The molecule has 6 nitrogen and oxygen atoms in total. The van der Waals surface area contributed by atoms with Crippen LogP contribution in [0, 0.1) is 0 Å². The zero-order valence-electron chi connectivity index (χ0n) is 12.9. The zero-order valence-corrected chi connectivity index (χ0v) is 15.7. The number of fused-ring (bicyclic) bond motifs is 1. The van der Waals surface area contributed by atoms with E-state index < -0.39 is 10.1 Å². The van der Waals surface area contributed by atoms with Crippen molar-refractivity contribution in [3.63, 3.8) is 0 Å². The smallest absolute Gasteiger partial charge is 0.396 e. The van der Waals surface area contributed by atoms with Crippen LogP contribution in [0.15, 0.2) is 75.8 Å². The predicted molar refractivity (Wildman–Crippen MR) is 88.8 cm³/mol. The van der Waals surface area contributed by atoms with Crippen molar-refractivity contribution < 1.29 is 42.5 Å². The van der Waals surface area contributed by atoms with E-state index in [1.54, 1.807) is 36.4 Å². The van der Waals surface area contributed by atoms with Crippen molar-refractivity contribution in [3.05, 3.63) is 60.7 Å². The molecule has 0 spiro atoms. The Hall–Kier alpha value is -1.77. The summed E-state index contributed by atoms with van der Waals surface area (Å²) in [6, 6.07) is 16.8. The number of anilines is 1. The van der Waals surface area contributed by atoms with Crippen molar-refractivity contribution in [2.24, 2.45) is 10.2 Å². The minimum atomic E-state index is -4.41. The molecule has 3 aromatic carbocycles. The molecule has 0 aliphatic carbocycles. The summed E-state index contributed by atoms with van der Waals surface area (Å²) in [5.41, 5.74) is 7.15. The number of nitrogen functional groups attached to an aromatic ring is 1. The normalized spacial score (nSPS) is 11.5. The third kappa shape index (κ3) is 3.82. The van der Waals surface area contributed by atoms with Crippen molar-refractivity contribution in [3.8, 4) is 0 Å². The number of hydrogen-bond donors (Lipinski definition) is 2. The molecule has 0 aliphatic heterocycles. The molecule has 0 aromatic heterocycles. The quantitative estimate of drug-likeness (QED) is 0.319. The van der Waals surface area contributed by atoms with Gasteiger partial charge in [0, 0.05) is 10.8 Å². The molecule has 3 aromatic rings. The molecule has 0 unspecified atom stereocenters. The molecular formula is C16H13N3NaO3S+. The maximum absolute atomic E-state index is 11.6. The Balaban J connectivity index is 0.00000208. The van der Waals surface area contributed by atoms with Gasteiger partial charge in [0.1, 0.15) is 10.6 Å². The van der Waals surface area contributed by atoms with Gasteiger partial charge in [-0.05, 0) is 18.2 Å². The van der Waals surface area contributed by atoms with Gasteiger partial charge in [0.2, 0.25) is 0 Å². The number of nitrogens with two attached hydrogens (primary N) is 1. The first kappa shape index (κ1) is 18.6. The molecular weight excluding hydrogens is 337 g/mol. The number of nitrogens with zero attached hydrogens (tertiary/aromatic N) is 2. The van der Waals surface area contributed by atoms with Crippen LogP contribution in [0.3, 0.4) is 0 Å². The number of hydrogen-bond acceptors (Lipinski definition) is 5. The van der Waals surface area contributed by atoms with Gasteiger partial charge in [0.25, 0.3) is 10.1 Å². The van der Waals surface area contributed by atoms with E-state index in [1.165, 1.54) is 6.07 Å². The Morgan fingerprint density at radius 3 is 2.08 bits per heavy atom. The standard InChI is InChI=1S/C16H13N3O3S.Na/c17-16-13-9-5-4-8-12(13)15(23(20,21)22)10-14(16)19-18-11-6-2-1-3-7-11;/h1-10H,17H2,(H,20,21,22);/q;+1. The maximum Gasteiger partial charge on any atom is 1.00 e. The average Bonchev–Trinajstić information content (AvgIpc) is 2.54. The van der Waals surface area contributed by atoms with Crippen molar-refractivity contribution in [1.29, 1.82) is 0 Å². The fraction of sp³-hybridized carbons (Fsp3) is 0. The summed E-state index contributed by atoms with van der Waals surface area (Å²) in [6.07, 6.45) is 0. The van der Waals surface area contributed by atoms with E-state index in [2.05, 4.69) is 10.2 Å². The van der Waals surface area contributed by atoms with E-state index in [4.69, 9.17) is 5.73 Å². The average molecular weight is 350 g/mol. The third-order valence-corrected chi connectivity index (χ3v) is 4.23. The summed E-state index contributed by atoms with van der Waals surface area (Å²) in [4.78, 5) is -0.246. The van der Waals surface area contributed by atoms with Gasteiger partial charge in [-0.15, -0.1) is 5.11 Å². The van der Waals surface area contributed by atoms with E-state index in [0.717, 1.165) is 0 Å². The monoisotopic (exact) mass is 350 g/mol. The molecule has 0 aliphatic rings. The second-order valence-corrected chi connectivity index (χ2v) is 6.25. The Morgan fingerprint density at radius 2 is 1.46 bits per heavy atom. The summed E-state index contributed by atoms with van der Waals surface area (Å²) in [5, 5.41) is 8.89. The molecule has 8 heteroatoms. The Kier molecular flexibility index (Phi) is 5.74. The van der Waals surface area contributed by atoms with Crippen LogP contribution in [0.25, 0.3) is 10.8 Å². The van der Waals surface area contributed by atoms with Crippen LogP contribution in [-0.4, -0.2) is 13.0 Å². The largest absolute Gasteiger partial charge is 1.00 e. The Labute approximate surface area is 161 Å². The molecule has 0 heterocycles. The van der Waals surface area contributed by atoms with Gasteiger partial charge in [-0.3, -0.25) is 4.55 Å².